The summed E-state index contributed by atoms with van der Waals surface area (Å²) in [4.78, 5) is 24.1. The van der Waals surface area contributed by atoms with Gasteiger partial charge in [-0.1, -0.05) is 19.8 Å². The van der Waals surface area contributed by atoms with Gasteiger partial charge in [-0.25, -0.2) is 9.59 Å². The Morgan fingerprint density at radius 1 is 1.15 bits per heavy atom. The molecule has 0 aliphatic rings. The van der Waals surface area contributed by atoms with E-state index in [0.717, 1.165) is 12.8 Å². The van der Waals surface area contributed by atoms with Crippen molar-refractivity contribution in [2.24, 2.45) is 0 Å². The van der Waals surface area contributed by atoms with Crippen molar-refractivity contribution in [2.75, 3.05) is 0 Å². The number of esters is 1. The average molecular weight is 287 g/mol. The van der Waals surface area contributed by atoms with E-state index in [1.165, 1.54) is 0 Å². The predicted octanol–water partition coefficient (Wildman–Crippen LogP) is 3.41. The van der Waals surface area contributed by atoms with E-state index in [-0.39, 0.29) is 6.10 Å². The number of amides is 1. The van der Waals surface area contributed by atoms with Crippen molar-refractivity contribution >= 4 is 12.1 Å². The van der Waals surface area contributed by atoms with Gasteiger partial charge in [-0.2, -0.15) is 0 Å². The van der Waals surface area contributed by atoms with E-state index in [1.54, 1.807) is 41.5 Å². The van der Waals surface area contributed by atoms with Gasteiger partial charge >= 0.3 is 12.1 Å². The molecule has 118 valence electrons. The molecule has 0 radical (unpaired) electrons. The summed E-state index contributed by atoms with van der Waals surface area (Å²) in [6.07, 6.45) is 1.45. The van der Waals surface area contributed by atoms with Crippen molar-refractivity contribution in [3.8, 4) is 0 Å². The normalized spacial score (nSPS) is 14.6. The monoisotopic (exact) mass is 287 g/mol. The summed E-state index contributed by atoms with van der Waals surface area (Å²) < 4.78 is 10.4. The third kappa shape index (κ3) is 7.36. The van der Waals surface area contributed by atoms with Crippen molar-refractivity contribution < 1.29 is 19.1 Å². The summed E-state index contributed by atoms with van der Waals surface area (Å²) in [7, 11) is 0. The van der Waals surface area contributed by atoms with Gasteiger partial charge in [-0.15, -0.1) is 0 Å². The third-order valence-electron chi connectivity index (χ3n) is 2.60. The molecular weight excluding hydrogens is 258 g/mol. The van der Waals surface area contributed by atoms with Gasteiger partial charge in [0.1, 0.15) is 11.1 Å². The molecule has 1 atom stereocenters. The lowest BCUT2D eigenvalue weighted by atomic mass is 9.95. The number of unbranched alkanes of at least 4 members (excludes halogenated alkanes) is 1. The number of carbonyl (C=O) groups excluding carboxylic acids is 2. The molecule has 0 rings (SSSR count). The van der Waals surface area contributed by atoms with E-state index in [1.807, 2.05) is 6.92 Å². The predicted molar refractivity (Wildman–Crippen MR) is 78.5 cm³/mol. The van der Waals surface area contributed by atoms with Crippen molar-refractivity contribution in [2.45, 2.75) is 85.0 Å². The molecule has 0 unspecified atom stereocenters. The van der Waals surface area contributed by atoms with Gasteiger partial charge in [-0.3, -0.25) is 0 Å². The van der Waals surface area contributed by atoms with Crippen LogP contribution in [0.1, 0.15) is 67.7 Å². The maximum Gasteiger partial charge on any atom is 0.408 e. The van der Waals surface area contributed by atoms with Crippen molar-refractivity contribution in [1.82, 2.24) is 5.32 Å². The molecule has 0 saturated carbocycles. The number of rotatable bonds is 6. The highest BCUT2D eigenvalue weighted by molar-refractivity contribution is 5.85. The highest BCUT2D eigenvalue weighted by Crippen LogP contribution is 2.18. The van der Waals surface area contributed by atoms with Gasteiger partial charge < -0.3 is 14.8 Å². The Hall–Kier alpha value is -1.26. The third-order valence-corrected chi connectivity index (χ3v) is 2.60. The maximum absolute atomic E-state index is 12.2. The number of alkyl carbamates (subject to hydrolysis) is 1. The molecule has 0 spiro atoms. The van der Waals surface area contributed by atoms with E-state index < -0.39 is 23.2 Å². The van der Waals surface area contributed by atoms with Crippen molar-refractivity contribution in [3.05, 3.63) is 0 Å². The molecule has 5 heteroatoms. The van der Waals surface area contributed by atoms with Gasteiger partial charge in [0.2, 0.25) is 0 Å². The second-order valence-corrected chi connectivity index (χ2v) is 6.52. The summed E-state index contributed by atoms with van der Waals surface area (Å²) in [5.74, 6) is -0.424. The van der Waals surface area contributed by atoms with E-state index in [0.29, 0.717) is 6.42 Å². The van der Waals surface area contributed by atoms with E-state index in [4.69, 9.17) is 9.47 Å². The van der Waals surface area contributed by atoms with E-state index in [9.17, 15) is 9.59 Å². The SMILES string of the molecule is CCCC[C@@](C)(NC(=O)OC(C)(C)C)C(=O)OC(C)C. The molecule has 0 fully saturated rings. The zero-order valence-electron chi connectivity index (χ0n) is 13.8. The Bertz CT molecular complexity index is 333. The molecule has 0 saturated heterocycles. The van der Waals surface area contributed by atoms with E-state index >= 15 is 0 Å². The first-order chi connectivity index (χ1) is 9.00. The molecule has 5 nitrogen and oxygen atoms in total. The molecule has 1 N–H and O–H groups in total. The summed E-state index contributed by atoms with van der Waals surface area (Å²) >= 11 is 0. The number of hydrogen-bond acceptors (Lipinski definition) is 4. The van der Waals surface area contributed by atoms with Gasteiger partial charge in [0, 0.05) is 0 Å². The Kier molecular flexibility index (Phi) is 7.03. The van der Waals surface area contributed by atoms with E-state index in [2.05, 4.69) is 5.32 Å². The molecular formula is C15H29NO4. The molecule has 0 heterocycles. The van der Waals surface area contributed by atoms with Gasteiger partial charge in [0.05, 0.1) is 6.10 Å². The number of nitrogens with one attached hydrogen (secondary N) is 1. The standard InChI is InChI=1S/C15H29NO4/c1-8-9-10-15(7,12(17)19-11(2)3)16-13(18)20-14(4,5)6/h11H,8-10H2,1-7H3,(H,16,18)/t15-/m1/s1. The van der Waals surface area contributed by atoms with Crippen LogP contribution in [0.2, 0.25) is 0 Å². The lowest BCUT2D eigenvalue weighted by Crippen LogP contribution is -2.54. The van der Waals surface area contributed by atoms with Crippen LogP contribution in [-0.4, -0.2) is 29.3 Å². The fourth-order valence-corrected chi connectivity index (χ4v) is 1.62. The largest absolute Gasteiger partial charge is 0.461 e. The fourth-order valence-electron chi connectivity index (χ4n) is 1.62. The minimum Gasteiger partial charge on any atom is -0.461 e. The molecule has 0 aliphatic heterocycles. The van der Waals surface area contributed by atoms with Crippen LogP contribution in [0, 0.1) is 0 Å². The highest BCUT2D eigenvalue weighted by Gasteiger charge is 2.37. The van der Waals surface area contributed by atoms with Crippen molar-refractivity contribution in [3.63, 3.8) is 0 Å². The first kappa shape index (κ1) is 18.7. The van der Waals surface area contributed by atoms with Gasteiger partial charge in [-0.05, 0) is 48.0 Å². The second kappa shape index (κ2) is 7.50. The van der Waals surface area contributed by atoms with Crippen LogP contribution in [0.4, 0.5) is 4.79 Å². The first-order valence-electron chi connectivity index (χ1n) is 7.22. The highest BCUT2D eigenvalue weighted by atomic mass is 16.6. The number of hydrogen-bond donors (Lipinski definition) is 1. The van der Waals surface area contributed by atoms with Crippen LogP contribution >= 0.6 is 0 Å². The Morgan fingerprint density at radius 3 is 2.10 bits per heavy atom. The fraction of sp³-hybridized carbons (Fsp3) is 0.867. The topological polar surface area (TPSA) is 64.6 Å². The lowest BCUT2D eigenvalue weighted by Gasteiger charge is -2.30. The summed E-state index contributed by atoms with van der Waals surface area (Å²) in [5.41, 5.74) is -1.65. The minimum atomic E-state index is -1.05. The quantitative estimate of drug-likeness (QED) is 0.760. The zero-order chi connectivity index (χ0) is 16.0. The Balaban J connectivity index is 4.85. The van der Waals surface area contributed by atoms with Gasteiger partial charge in [0.25, 0.3) is 0 Å². The van der Waals surface area contributed by atoms with Crippen LogP contribution in [0.5, 0.6) is 0 Å². The van der Waals surface area contributed by atoms with Gasteiger partial charge in [0.15, 0.2) is 0 Å². The number of ether oxygens (including phenoxy) is 2. The van der Waals surface area contributed by atoms with Crippen LogP contribution in [-0.2, 0) is 14.3 Å². The Morgan fingerprint density at radius 2 is 1.70 bits per heavy atom. The summed E-state index contributed by atoms with van der Waals surface area (Å²) in [6, 6.07) is 0. The second-order valence-electron chi connectivity index (χ2n) is 6.52. The molecule has 0 aromatic heterocycles. The number of carbonyl (C=O) groups is 2. The molecule has 20 heavy (non-hydrogen) atoms. The lowest BCUT2D eigenvalue weighted by molar-refractivity contribution is -0.155. The maximum atomic E-state index is 12.2. The van der Waals surface area contributed by atoms with Crippen LogP contribution < -0.4 is 5.32 Å². The first-order valence-corrected chi connectivity index (χ1v) is 7.22. The summed E-state index contributed by atoms with van der Waals surface area (Å²) in [6.45, 7) is 12.6. The molecule has 0 aromatic rings. The smallest absolute Gasteiger partial charge is 0.408 e. The Labute approximate surface area is 122 Å². The molecule has 0 aliphatic carbocycles. The molecule has 0 aromatic carbocycles. The molecule has 0 bridgehead atoms. The van der Waals surface area contributed by atoms with Crippen LogP contribution in [0.3, 0.4) is 0 Å². The van der Waals surface area contributed by atoms with Crippen molar-refractivity contribution in [1.29, 1.82) is 0 Å². The minimum absolute atomic E-state index is 0.219. The summed E-state index contributed by atoms with van der Waals surface area (Å²) in [5, 5.41) is 2.65. The van der Waals surface area contributed by atoms with Crippen LogP contribution in [0.25, 0.3) is 0 Å². The zero-order valence-corrected chi connectivity index (χ0v) is 13.8. The van der Waals surface area contributed by atoms with Crippen LogP contribution in [0.15, 0.2) is 0 Å². The molecule has 1 amide bonds. The average Bonchev–Trinajstić information content (AvgIpc) is 2.22.